The first-order valence-corrected chi connectivity index (χ1v) is 11.3. The highest BCUT2D eigenvalue weighted by Crippen LogP contribution is 2.33. The van der Waals surface area contributed by atoms with Gasteiger partial charge in [0.15, 0.2) is 5.65 Å². The van der Waals surface area contributed by atoms with Gasteiger partial charge in [0.1, 0.15) is 11.5 Å². The van der Waals surface area contributed by atoms with Crippen LogP contribution in [0.1, 0.15) is 34.5 Å². The molecule has 176 valence electrons. The third-order valence-electron chi connectivity index (χ3n) is 5.96. The van der Waals surface area contributed by atoms with Gasteiger partial charge in [-0.1, -0.05) is 6.07 Å². The number of aryl methyl sites for hydroxylation is 4. The van der Waals surface area contributed by atoms with E-state index in [1.807, 2.05) is 68.6 Å². The first-order valence-electron chi connectivity index (χ1n) is 11.3. The molecule has 0 unspecified atom stereocenters. The second-order valence-corrected chi connectivity index (χ2v) is 8.55. The van der Waals surface area contributed by atoms with Gasteiger partial charge in [0.25, 0.3) is 0 Å². The molecule has 7 nitrogen and oxygen atoms in total. The Labute approximate surface area is 199 Å². The predicted molar refractivity (Wildman–Crippen MR) is 134 cm³/mol. The van der Waals surface area contributed by atoms with Gasteiger partial charge in [0.05, 0.1) is 19.9 Å². The Bertz CT molecular complexity index is 1350. The van der Waals surface area contributed by atoms with Crippen molar-refractivity contribution in [3.05, 3.63) is 70.5 Å². The van der Waals surface area contributed by atoms with Gasteiger partial charge in [0.2, 0.25) is 5.91 Å². The summed E-state index contributed by atoms with van der Waals surface area (Å²) in [6.07, 6.45) is 0.945. The maximum Gasteiger partial charge on any atom is 0.224 e. The Morgan fingerprint density at radius 2 is 1.71 bits per heavy atom. The van der Waals surface area contributed by atoms with Crippen molar-refractivity contribution in [3.8, 4) is 22.8 Å². The second kappa shape index (κ2) is 9.55. The van der Waals surface area contributed by atoms with Crippen molar-refractivity contribution < 1.29 is 14.3 Å². The Hall–Kier alpha value is -3.87. The van der Waals surface area contributed by atoms with Crippen LogP contribution < -0.4 is 14.8 Å². The molecule has 0 bridgehead atoms. The van der Waals surface area contributed by atoms with E-state index in [9.17, 15) is 4.79 Å². The molecule has 1 N–H and O–H groups in total. The third kappa shape index (κ3) is 4.73. The predicted octanol–water partition coefficient (Wildman–Crippen LogP) is 5.22. The van der Waals surface area contributed by atoms with Crippen LogP contribution in [-0.2, 0) is 11.2 Å². The SMILES string of the molecule is COc1ccc(-c2cc3nc(C)c(CCC(=O)Nc4cc(C)cc(C)c4)c(C)n3n2)c(OC)c1. The van der Waals surface area contributed by atoms with E-state index in [1.54, 1.807) is 14.2 Å². The molecule has 4 aromatic rings. The van der Waals surface area contributed by atoms with Gasteiger partial charge in [-0.3, -0.25) is 4.79 Å². The monoisotopic (exact) mass is 458 g/mol. The van der Waals surface area contributed by atoms with E-state index >= 15 is 0 Å². The van der Waals surface area contributed by atoms with Crippen LogP contribution in [0.5, 0.6) is 11.5 Å². The summed E-state index contributed by atoms with van der Waals surface area (Å²) in [6, 6.07) is 13.6. The lowest BCUT2D eigenvalue weighted by molar-refractivity contribution is -0.116. The lowest BCUT2D eigenvalue weighted by Gasteiger charge is -2.12. The van der Waals surface area contributed by atoms with Crippen LogP contribution in [0.4, 0.5) is 5.69 Å². The molecular formula is C27H30N4O3. The highest BCUT2D eigenvalue weighted by atomic mass is 16.5. The number of nitrogens with zero attached hydrogens (tertiary/aromatic N) is 3. The molecule has 34 heavy (non-hydrogen) atoms. The number of rotatable bonds is 7. The zero-order valence-electron chi connectivity index (χ0n) is 20.5. The van der Waals surface area contributed by atoms with Gasteiger partial charge in [-0.05, 0) is 75.1 Å². The molecule has 0 aliphatic carbocycles. The van der Waals surface area contributed by atoms with Crippen molar-refractivity contribution in [1.29, 1.82) is 0 Å². The van der Waals surface area contributed by atoms with E-state index in [4.69, 9.17) is 19.6 Å². The van der Waals surface area contributed by atoms with Crippen LogP contribution in [0.2, 0.25) is 0 Å². The van der Waals surface area contributed by atoms with Gasteiger partial charge in [-0.15, -0.1) is 0 Å². The van der Waals surface area contributed by atoms with Crippen molar-refractivity contribution in [2.75, 3.05) is 19.5 Å². The number of hydrogen-bond donors (Lipinski definition) is 1. The van der Waals surface area contributed by atoms with Crippen LogP contribution in [0, 0.1) is 27.7 Å². The van der Waals surface area contributed by atoms with E-state index in [0.717, 1.165) is 56.4 Å². The van der Waals surface area contributed by atoms with Gasteiger partial charge >= 0.3 is 0 Å². The molecule has 0 aliphatic heterocycles. The number of benzene rings is 2. The molecule has 0 saturated carbocycles. The molecular weight excluding hydrogens is 428 g/mol. The lowest BCUT2D eigenvalue weighted by Crippen LogP contribution is -2.14. The Kier molecular flexibility index (Phi) is 6.54. The molecule has 7 heteroatoms. The quantitative estimate of drug-likeness (QED) is 0.411. The highest BCUT2D eigenvalue weighted by Gasteiger charge is 2.17. The van der Waals surface area contributed by atoms with E-state index in [2.05, 4.69) is 11.4 Å². The second-order valence-electron chi connectivity index (χ2n) is 8.55. The largest absolute Gasteiger partial charge is 0.497 e. The van der Waals surface area contributed by atoms with Crippen molar-refractivity contribution in [2.24, 2.45) is 0 Å². The van der Waals surface area contributed by atoms with Crippen LogP contribution in [-0.4, -0.2) is 34.7 Å². The minimum absolute atomic E-state index is 0.0204. The van der Waals surface area contributed by atoms with Crippen molar-refractivity contribution in [2.45, 2.75) is 40.5 Å². The molecule has 0 saturated heterocycles. The van der Waals surface area contributed by atoms with E-state index in [1.165, 1.54) is 0 Å². The molecule has 4 rings (SSSR count). The van der Waals surface area contributed by atoms with Crippen LogP contribution in [0.25, 0.3) is 16.9 Å². The number of carbonyl (C=O) groups is 1. The summed E-state index contributed by atoms with van der Waals surface area (Å²) < 4.78 is 12.7. The molecule has 0 atom stereocenters. The van der Waals surface area contributed by atoms with Crippen LogP contribution >= 0.6 is 0 Å². The highest BCUT2D eigenvalue weighted by molar-refractivity contribution is 5.91. The molecule has 2 aromatic heterocycles. The van der Waals surface area contributed by atoms with E-state index in [-0.39, 0.29) is 5.91 Å². The number of fused-ring (bicyclic) bond motifs is 1. The Balaban J connectivity index is 1.58. The maximum atomic E-state index is 12.6. The number of carbonyl (C=O) groups excluding carboxylic acids is 1. The molecule has 1 amide bonds. The van der Waals surface area contributed by atoms with Crippen LogP contribution in [0.15, 0.2) is 42.5 Å². The summed E-state index contributed by atoms with van der Waals surface area (Å²) in [6.45, 7) is 8.04. The van der Waals surface area contributed by atoms with Crippen molar-refractivity contribution >= 4 is 17.2 Å². The number of ether oxygens (including phenoxy) is 2. The smallest absolute Gasteiger partial charge is 0.224 e. The molecule has 0 aliphatic rings. The number of anilines is 1. The third-order valence-corrected chi connectivity index (χ3v) is 5.96. The number of methoxy groups -OCH3 is 2. The fourth-order valence-electron chi connectivity index (χ4n) is 4.34. The number of nitrogens with one attached hydrogen (secondary N) is 1. The maximum absolute atomic E-state index is 12.6. The minimum Gasteiger partial charge on any atom is -0.497 e. The molecule has 0 fully saturated rings. The van der Waals surface area contributed by atoms with Crippen molar-refractivity contribution in [1.82, 2.24) is 14.6 Å². The standard InChI is InChI=1S/C27H30N4O3/c1-16-11-17(2)13-20(12-16)29-27(32)10-9-22-18(3)28-26-15-24(30-31(26)19(22)4)23-8-7-21(33-5)14-25(23)34-6/h7-8,11-15H,9-10H2,1-6H3,(H,29,32). The van der Waals surface area contributed by atoms with Gasteiger partial charge in [-0.25, -0.2) is 9.50 Å². The summed E-state index contributed by atoms with van der Waals surface area (Å²) in [7, 11) is 3.25. The fourth-order valence-corrected chi connectivity index (χ4v) is 4.34. The Morgan fingerprint density at radius 1 is 0.971 bits per heavy atom. The fraction of sp³-hybridized carbons (Fsp3) is 0.296. The number of aromatic nitrogens is 3. The van der Waals surface area contributed by atoms with Gasteiger partial charge in [0, 0.05) is 41.2 Å². The zero-order valence-corrected chi connectivity index (χ0v) is 20.5. The number of amides is 1. The summed E-state index contributed by atoms with van der Waals surface area (Å²) in [5.41, 5.74) is 8.36. The summed E-state index contributed by atoms with van der Waals surface area (Å²) in [5.74, 6) is 1.38. The summed E-state index contributed by atoms with van der Waals surface area (Å²) in [4.78, 5) is 17.4. The molecule has 0 spiro atoms. The number of hydrogen-bond acceptors (Lipinski definition) is 5. The lowest BCUT2D eigenvalue weighted by atomic mass is 10.1. The molecule has 2 aromatic carbocycles. The first-order chi connectivity index (χ1) is 16.3. The van der Waals surface area contributed by atoms with Crippen LogP contribution in [0.3, 0.4) is 0 Å². The molecule has 0 radical (unpaired) electrons. The first kappa shape index (κ1) is 23.3. The normalized spacial score (nSPS) is 11.0. The van der Waals surface area contributed by atoms with Crippen molar-refractivity contribution in [3.63, 3.8) is 0 Å². The Morgan fingerprint density at radius 3 is 2.38 bits per heavy atom. The zero-order chi connectivity index (χ0) is 24.4. The summed E-state index contributed by atoms with van der Waals surface area (Å²) in [5, 5.41) is 7.81. The van der Waals surface area contributed by atoms with E-state index < -0.39 is 0 Å². The summed E-state index contributed by atoms with van der Waals surface area (Å²) >= 11 is 0. The molecule has 2 heterocycles. The minimum atomic E-state index is -0.0204. The topological polar surface area (TPSA) is 77.8 Å². The average Bonchev–Trinajstić information content (AvgIpc) is 3.21. The average molecular weight is 459 g/mol. The van der Waals surface area contributed by atoms with E-state index in [0.29, 0.717) is 18.6 Å². The van der Waals surface area contributed by atoms with Gasteiger partial charge < -0.3 is 14.8 Å². The van der Waals surface area contributed by atoms with Gasteiger partial charge in [-0.2, -0.15) is 5.10 Å².